The van der Waals surface area contributed by atoms with Crippen LogP contribution in [0.5, 0.6) is 5.75 Å². The molecule has 2 rings (SSSR count). The Bertz CT molecular complexity index is 392. The third kappa shape index (κ3) is 4.78. The molecule has 1 saturated heterocycles. The quantitative estimate of drug-likeness (QED) is 0.749. The number of nitrogens with one attached hydrogen (secondary N) is 1. The third-order valence-corrected chi connectivity index (χ3v) is 3.31. The van der Waals surface area contributed by atoms with E-state index in [-0.39, 0.29) is 5.75 Å². The second-order valence-corrected chi connectivity index (χ2v) is 4.90. The van der Waals surface area contributed by atoms with Crippen molar-refractivity contribution in [1.29, 1.82) is 0 Å². The molecule has 1 aliphatic rings. The summed E-state index contributed by atoms with van der Waals surface area (Å²) >= 11 is 0. The Kier molecular flexibility index (Phi) is 5.57. The summed E-state index contributed by atoms with van der Waals surface area (Å²) in [5.74, 6) is 0.270. The van der Waals surface area contributed by atoms with Gasteiger partial charge in [0.15, 0.2) is 0 Å². The SMILES string of the molecule is Cc1ccc(O)c(CNCCCN2CCOCC2)n1. The van der Waals surface area contributed by atoms with Gasteiger partial charge in [-0.1, -0.05) is 0 Å². The first-order valence-electron chi connectivity index (χ1n) is 6.92. The molecule has 0 spiro atoms. The number of aryl methyl sites for hydroxylation is 1. The van der Waals surface area contributed by atoms with Crippen LogP contribution in [0.1, 0.15) is 17.8 Å². The van der Waals surface area contributed by atoms with E-state index >= 15 is 0 Å². The molecular weight excluding hydrogens is 242 g/mol. The van der Waals surface area contributed by atoms with Gasteiger partial charge in [0.2, 0.25) is 0 Å². The first-order valence-corrected chi connectivity index (χ1v) is 6.92. The van der Waals surface area contributed by atoms with Gasteiger partial charge in [-0.2, -0.15) is 0 Å². The standard InChI is InChI=1S/C14H23N3O2/c1-12-3-4-14(18)13(16-12)11-15-5-2-6-17-7-9-19-10-8-17/h3-4,15,18H,2,5-11H2,1H3. The van der Waals surface area contributed by atoms with Gasteiger partial charge in [-0.05, 0) is 38.6 Å². The normalized spacial score (nSPS) is 16.7. The molecule has 106 valence electrons. The number of hydrogen-bond acceptors (Lipinski definition) is 5. The molecule has 0 atom stereocenters. The molecule has 0 aromatic carbocycles. The maximum atomic E-state index is 9.67. The fourth-order valence-electron chi connectivity index (χ4n) is 2.19. The zero-order valence-electron chi connectivity index (χ0n) is 11.6. The molecule has 0 saturated carbocycles. The molecule has 2 N–H and O–H groups in total. The Hall–Kier alpha value is -1.17. The fraction of sp³-hybridized carbons (Fsp3) is 0.643. The highest BCUT2D eigenvalue weighted by molar-refractivity contribution is 5.27. The van der Waals surface area contributed by atoms with Gasteiger partial charge in [0.25, 0.3) is 0 Å². The van der Waals surface area contributed by atoms with Crippen molar-refractivity contribution in [2.24, 2.45) is 0 Å². The van der Waals surface area contributed by atoms with Crippen LogP contribution in [-0.4, -0.2) is 54.4 Å². The van der Waals surface area contributed by atoms with E-state index in [1.165, 1.54) is 0 Å². The lowest BCUT2D eigenvalue weighted by Crippen LogP contribution is -2.37. The van der Waals surface area contributed by atoms with Crippen molar-refractivity contribution < 1.29 is 9.84 Å². The lowest BCUT2D eigenvalue weighted by Gasteiger charge is -2.26. The van der Waals surface area contributed by atoms with E-state index in [1.807, 2.05) is 13.0 Å². The van der Waals surface area contributed by atoms with Gasteiger partial charge < -0.3 is 15.2 Å². The molecule has 0 amide bonds. The molecular formula is C14H23N3O2. The molecule has 2 heterocycles. The first kappa shape index (κ1) is 14.2. The number of rotatable bonds is 6. The Balaban J connectivity index is 1.62. The highest BCUT2D eigenvalue weighted by Gasteiger charge is 2.09. The maximum Gasteiger partial charge on any atom is 0.138 e. The molecule has 0 unspecified atom stereocenters. The van der Waals surface area contributed by atoms with Crippen molar-refractivity contribution in [1.82, 2.24) is 15.2 Å². The van der Waals surface area contributed by atoms with Crippen LogP contribution in [0.2, 0.25) is 0 Å². The van der Waals surface area contributed by atoms with E-state index in [2.05, 4.69) is 15.2 Å². The topological polar surface area (TPSA) is 57.6 Å². The zero-order valence-corrected chi connectivity index (χ0v) is 11.6. The summed E-state index contributed by atoms with van der Waals surface area (Å²) in [6.07, 6.45) is 1.10. The lowest BCUT2D eigenvalue weighted by molar-refractivity contribution is 0.0374. The molecule has 0 radical (unpaired) electrons. The van der Waals surface area contributed by atoms with Crippen molar-refractivity contribution >= 4 is 0 Å². The van der Waals surface area contributed by atoms with E-state index in [9.17, 15) is 5.11 Å². The molecule has 1 aliphatic heterocycles. The van der Waals surface area contributed by atoms with Crippen molar-refractivity contribution in [3.63, 3.8) is 0 Å². The van der Waals surface area contributed by atoms with E-state index in [4.69, 9.17) is 4.74 Å². The van der Waals surface area contributed by atoms with E-state index in [1.54, 1.807) is 6.07 Å². The molecule has 0 bridgehead atoms. The minimum Gasteiger partial charge on any atom is -0.506 e. The lowest BCUT2D eigenvalue weighted by atomic mass is 10.2. The van der Waals surface area contributed by atoms with E-state index in [0.717, 1.165) is 57.2 Å². The largest absolute Gasteiger partial charge is 0.506 e. The van der Waals surface area contributed by atoms with Crippen LogP contribution in [-0.2, 0) is 11.3 Å². The minimum absolute atomic E-state index is 0.270. The summed E-state index contributed by atoms with van der Waals surface area (Å²) in [6.45, 7) is 8.39. The molecule has 1 fully saturated rings. The van der Waals surface area contributed by atoms with Crippen LogP contribution >= 0.6 is 0 Å². The van der Waals surface area contributed by atoms with Gasteiger partial charge in [0, 0.05) is 25.3 Å². The van der Waals surface area contributed by atoms with Crippen LogP contribution < -0.4 is 5.32 Å². The Morgan fingerprint density at radius 3 is 2.95 bits per heavy atom. The smallest absolute Gasteiger partial charge is 0.138 e. The average Bonchev–Trinajstić information content (AvgIpc) is 2.43. The number of hydrogen-bond donors (Lipinski definition) is 2. The predicted molar refractivity (Wildman–Crippen MR) is 74.2 cm³/mol. The van der Waals surface area contributed by atoms with Gasteiger partial charge in [0.05, 0.1) is 18.9 Å². The van der Waals surface area contributed by atoms with Gasteiger partial charge in [-0.15, -0.1) is 0 Å². The van der Waals surface area contributed by atoms with Crippen LogP contribution in [0.25, 0.3) is 0 Å². The van der Waals surface area contributed by atoms with Crippen molar-refractivity contribution in [3.8, 4) is 5.75 Å². The molecule has 1 aromatic rings. The Morgan fingerprint density at radius 1 is 1.37 bits per heavy atom. The van der Waals surface area contributed by atoms with Gasteiger partial charge >= 0.3 is 0 Å². The molecule has 0 aliphatic carbocycles. The second-order valence-electron chi connectivity index (χ2n) is 4.90. The third-order valence-electron chi connectivity index (χ3n) is 3.31. The number of aromatic nitrogens is 1. The monoisotopic (exact) mass is 265 g/mol. The van der Waals surface area contributed by atoms with Crippen molar-refractivity contribution in [2.45, 2.75) is 19.9 Å². The van der Waals surface area contributed by atoms with Crippen molar-refractivity contribution in [2.75, 3.05) is 39.4 Å². The highest BCUT2D eigenvalue weighted by atomic mass is 16.5. The van der Waals surface area contributed by atoms with Gasteiger partial charge in [-0.3, -0.25) is 9.88 Å². The first-order chi connectivity index (χ1) is 9.25. The fourth-order valence-corrected chi connectivity index (χ4v) is 2.19. The molecule has 5 heteroatoms. The Morgan fingerprint density at radius 2 is 2.16 bits per heavy atom. The summed E-state index contributed by atoms with van der Waals surface area (Å²) in [4.78, 5) is 6.74. The van der Waals surface area contributed by atoms with E-state index in [0.29, 0.717) is 6.54 Å². The summed E-state index contributed by atoms with van der Waals surface area (Å²) in [5, 5.41) is 13.0. The van der Waals surface area contributed by atoms with Crippen LogP contribution in [0, 0.1) is 6.92 Å². The zero-order chi connectivity index (χ0) is 13.5. The number of aromatic hydroxyl groups is 1. The summed E-state index contributed by atoms with van der Waals surface area (Å²) in [5.41, 5.74) is 1.66. The number of nitrogens with zero attached hydrogens (tertiary/aromatic N) is 2. The van der Waals surface area contributed by atoms with Crippen LogP contribution in [0.4, 0.5) is 0 Å². The highest BCUT2D eigenvalue weighted by Crippen LogP contribution is 2.13. The maximum absolute atomic E-state index is 9.67. The average molecular weight is 265 g/mol. The second kappa shape index (κ2) is 7.43. The van der Waals surface area contributed by atoms with E-state index < -0.39 is 0 Å². The molecule has 19 heavy (non-hydrogen) atoms. The molecule has 5 nitrogen and oxygen atoms in total. The molecule has 1 aromatic heterocycles. The Labute approximate surface area is 114 Å². The van der Waals surface area contributed by atoms with Crippen LogP contribution in [0.3, 0.4) is 0 Å². The predicted octanol–water partition coefficient (Wildman–Crippen LogP) is 0.908. The van der Waals surface area contributed by atoms with Crippen LogP contribution in [0.15, 0.2) is 12.1 Å². The minimum atomic E-state index is 0.270. The number of ether oxygens (including phenoxy) is 1. The summed E-state index contributed by atoms with van der Waals surface area (Å²) in [6, 6.07) is 3.52. The van der Waals surface area contributed by atoms with Gasteiger partial charge in [-0.25, -0.2) is 0 Å². The van der Waals surface area contributed by atoms with Gasteiger partial charge in [0.1, 0.15) is 5.75 Å². The number of morpholine rings is 1. The number of pyridine rings is 1. The van der Waals surface area contributed by atoms with Crippen molar-refractivity contribution in [3.05, 3.63) is 23.5 Å². The summed E-state index contributed by atoms with van der Waals surface area (Å²) in [7, 11) is 0. The summed E-state index contributed by atoms with van der Waals surface area (Å²) < 4.78 is 5.32.